The number of thiophene rings is 1. The van der Waals surface area contributed by atoms with Crippen molar-refractivity contribution >= 4 is 28.8 Å². The Morgan fingerprint density at radius 3 is 2.79 bits per heavy atom. The molecule has 0 radical (unpaired) electrons. The number of anilines is 1. The molecule has 0 amide bonds. The zero-order chi connectivity index (χ0) is 13.7. The van der Waals surface area contributed by atoms with Crippen molar-refractivity contribution in [1.29, 1.82) is 5.26 Å². The quantitative estimate of drug-likeness (QED) is 0.813. The number of nitrogens with zero attached hydrogens (tertiary/aromatic N) is 1. The Bertz CT molecular complexity index is 596. The van der Waals surface area contributed by atoms with Crippen molar-refractivity contribution in [2.75, 3.05) is 11.1 Å². The molecule has 4 heteroatoms. The van der Waals surface area contributed by atoms with Gasteiger partial charge in [-0.05, 0) is 36.9 Å². The van der Waals surface area contributed by atoms with E-state index in [1.54, 1.807) is 23.1 Å². The summed E-state index contributed by atoms with van der Waals surface area (Å²) in [5.41, 5.74) is 1.68. The monoisotopic (exact) mass is 288 g/mol. The van der Waals surface area contributed by atoms with Gasteiger partial charge >= 0.3 is 0 Å². The first kappa shape index (κ1) is 14.0. The van der Waals surface area contributed by atoms with Gasteiger partial charge in [0.2, 0.25) is 0 Å². The minimum absolute atomic E-state index is 0.752. The minimum Gasteiger partial charge on any atom is -0.379 e. The van der Waals surface area contributed by atoms with Crippen molar-refractivity contribution in [3.8, 4) is 6.07 Å². The van der Waals surface area contributed by atoms with E-state index in [0.29, 0.717) is 0 Å². The van der Waals surface area contributed by atoms with E-state index >= 15 is 0 Å². The van der Waals surface area contributed by atoms with Crippen molar-refractivity contribution in [2.24, 2.45) is 0 Å². The van der Waals surface area contributed by atoms with E-state index < -0.39 is 0 Å². The molecule has 1 aromatic carbocycles. The molecule has 0 saturated carbocycles. The number of rotatable bonds is 5. The maximum absolute atomic E-state index is 9.33. The Morgan fingerprint density at radius 2 is 2.16 bits per heavy atom. The highest BCUT2D eigenvalue weighted by molar-refractivity contribution is 7.99. The molecule has 0 fully saturated rings. The van der Waals surface area contributed by atoms with E-state index in [0.717, 1.165) is 28.4 Å². The second kappa shape index (κ2) is 6.65. The van der Waals surface area contributed by atoms with Crippen LogP contribution in [0.25, 0.3) is 0 Å². The average Bonchev–Trinajstić information content (AvgIpc) is 2.83. The third-order valence-electron chi connectivity index (χ3n) is 2.69. The standard InChI is InChI=1S/C15H16N2S2/c1-3-18-15-6-4-5-14(13(15)9-16)17-10-12-8-7-11(2)19-12/h4-8,17H,3,10H2,1-2H3. The van der Waals surface area contributed by atoms with Crippen molar-refractivity contribution < 1.29 is 0 Å². The van der Waals surface area contributed by atoms with Crippen LogP contribution in [0, 0.1) is 18.3 Å². The van der Waals surface area contributed by atoms with Gasteiger partial charge in [0.05, 0.1) is 11.3 Å². The first-order valence-corrected chi connectivity index (χ1v) is 8.00. The molecule has 0 aliphatic carbocycles. The lowest BCUT2D eigenvalue weighted by Gasteiger charge is -2.10. The van der Waals surface area contributed by atoms with Crippen LogP contribution in [-0.4, -0.2) is 5.75 Å². The topological polar surface area (TPSA) is 35.8 Å². The van der Waals surface area contributed by atoms with Gasteiger partial charge in [-0.25, -0.2) is 0 Å². The van der Waals surface area contributed by atoms with Gasteiger partial charge in [0.1, 0.15) is 6.07 Å². The van der Waals surface area contributed by atoms with E-state index in [-0.39, 0.29) is 0 Å². The minimum atomic E-state index is 0.752. The van der Waals surface area contributed by atoms with Gasteiger partial charge in [-0.15, -0.1) is 23.1 Å². The fourth-order valence-corrected chi connectivity index (χ4v) is 3.45. The lowest BCUT2D eigenvalue weighted by Crippen LogP contribution is -2.00. The number of hydrogen-bond donors (Lipinski definition) is 1. The third kappa shape index (κ3) is 3.52. The van der Waals surface area contributed by atoms with Crippen LogP contribution in [0.2, 0.25) is 0 Å². The summed E-state index contributed by atoms with van der Waals surface area (Å²) in [6.07, 6.45) is 0. The summed E-state index contributed by atoms with van der Waals surface area (Å²) in [6.45, 7) is 4.97. The molecule has 0 saturated heterocycles. The summed E-state index contributed by atoms with van der Waals surface area (Å²) in [6, 6.07) is 12.5. The SMILES string of the molecule is CCSc1cccc(NCc2ccc(C)s2)c1C#N. The molecular weight excluding hydrogens is 272 g/mol. The van der Waals surface area contributed by atoms with Crippen LogP contribution in [-0.2, 0) is 6.54 Å². The first-order chi connectivity index (χ1) is 9.24. The summed E-state index contributed by atoms with van der Waals surface area (Å²) in [4.78, 5) is 3.65. The second-order valence-electron chi connectivity index (χ2n) is 4.09. The van der Waals surface area contributed by atoms with Gasteiger partial charge < -0.3 is 5.32 Å². The van der Waals surface area contributed by atoms with Crippen LogP contribution in [0.3, 0.4) is 0 Å². The zero-order valence-electron chi connectivity index (χ0n) is 11.1. The Morgan fingerprint density at radius 1 is 1.32 bits per heavy atom. The van der Waals surface area contributed by atoms with Gasteiger partial charge in [-0.1, -0.05) is 13.0 Å². The number of nitriles is 1. The largest absolute Gasteiger partial charge is 0.379 e. The highest BCUT2D eigenvalue weighted by atomic mass is 32.2. The number of hydrogen-bond acceptors (Lipinski definition) is 4. The predicted molar refractivity (Wildman–Crippen MR) is 83.9 cm³/mol. The highest BCUT2D eigenvalue weighted by Crippen LogP contribution is 2.28. The zero-order valence-corrected chi connectivity index (χ0v) is 12.7. The highest BCUT2D eigenvalue weighted by Gasteiger charge is 2.08. The summed E-state index contributed by atoms with van der Waals surface area (Å²) in [7, 11) is 0. The van der Waals surface area contributed by atoms with Crippen molar-refractivity contribution in [3.05, 3.63) is 45.6 Å². The van der Waals surface area contributed by atoms with Crippen LogP contribution >= 0.6 is 23.1 Å². The van der Waals surface area contributed by atoms with E-state index in [9.17, 15) is 5.26 Å². The molecule has 1 heterocycles. The molecular formula is C15H16N2S2. The van der Waals surface area contributed by atoms with Crippen LogP contribution in [0.5, 0.6) is 0 Å². The molecule has 98 valence electrons. The van der Waals surface area contributed by atoms with Crippen LogP contribution in [0.15, 0.2) is 35.2 Å². The third-order valence-corrected chi connectivity index (χ3v) is 4.63. The van der Waals surface area contributed by atoms with Gasteiger partial charge in [0.25, 0.3) is 0 Å². The molecule has 0 unspecified atom stereocenters. The molecule has 0 spiro atoms. The smallest absolute Gasteiger partial charge is 0.102 e. The van der Waals surface area contributed by atoms with Crippen LogP contribution in [0.4, 0.5) is 5.69 Å². The van der Waals surface area contributed by atoms with Crippen molar-refractivity contribution in [3.63, 3.8) is 0 Å². The summed E-state index contributed by atoms with van der Waals surface area (Å²) < 4.78 is 0. The molecule has 2 nitrogen and oxygen atoms in total. The van der Waals surface area contributed by atoms with E-state index in [1.165, 1.54) is 9.75 Å². The van der Waals surface area contributed by atoms with Crippen LogP contribution < -0.4 is 5.32 Å². The summed E-state index contributed by atoms with van der Waals surface area (Å²) in [5.74, 6) is 0.974. The lowest BCUT2D eigenvalue weighted by atomic mass is 10.2. The Hall–Kier alpha value is -1.44. The normalized spacial score (nSPS) is 10.2. The number of benzene rings is 1. The van der Waals surface area contributed by atoms with E-state index in [1.807, 2.05) is 18.2 Å². The molecule has 2 aromatic rings. The Kier molecular flexibility index (Phi) is 4.89. The molecule has 19 heavy (non-hydrogen) atoms. The molecule has 2 rings (SSSR count). The van der Waals surface area contributed by atoms with Gasteiger partial charge in [-0.2, -0.15) is 5.26 Å². The molecule has 0 atom stereocenters. The first-order valence-electron chi connectivity index (χ1n) is 6.19. The number of nitrogens with one attached hydrogen (secondary N) is 1. The fraction of sp³-hybridized carbons (Fsp3) is 0.267. The predicted octanol–water partition coefficient (Wildman–Crippen LogP) is 4.65. The van der Waals surface area contributed by atoms with Crippen molar-refractivity contribution in [2.45, 2.75) is 25.3 Å². The Balaban J connectivity index is 2.16. The molecule has 1 N–H and O–H groups in total. The molecule has 0 aliphatic rings. The van der Waals surface area contributed by atoms with Gasteiger partial charge in [0, 0.05) is 21.2 Å². The van der Waals surface area contributed by atoms with Crippen molar-refractivity contribution in [1.82, 2.24) is 0 Å². The molecule has 0 bridgehead atoms. The van der Waals surface area contributed by atoms with E-state index in [4.69, 9.17) is 0 Å². The maximum Gasteiger partial charge on any atom is 0.102 e. The Labute approximate surface area is 122 Å². The molecule has 0 aliphatic heterocycles. The summed E-state index contributed by atoms with van der Waals surface area (Å²) >= 11 is 3.49. The average molecular weight is 288 g/mol. The maximum atomic E-state index is 9.33. The summed E-state index contributed by atoms with van der Waals surface area (Å²) in [5, 5.41) is 12.7. The number of thioether (sulfide) groups is 1. The van der Waals surface area contributed by atoms with Gasteiger partial charge in [0.15, 0.2) is 0 Å². The molecule has 1 aromatic heterocycles. The number of aryl methyl sites for hydroxylation is 1. The van der Waals surface area contributed by atoms with E-state index in [2.05, 4.69) is 37.4 Å². The second-order valence-corrected chi connectivity index (χ2v) is 6.77. The lowest BCUT2D eigenvalue weighted by molar-refractivity contribution is 1.18. The fourth-order valence-electron chi connectivity index (χ4n) is 1.83. The van der Waals surface area contributed by atoms with Crippen LogP contribution in [0.1, 0.15) is 22.2 Å². The van der Waals surface area contributed by atoms with Gasteiger partial charge in [-0.3, -0.25) is 0 Å².